The summed E-state index contributed by atoms with van der Waals surface area (Å²) < 4.78 is 0. The minimum absolute atomic E-state index is 0.437. The Kier molecular flexibility index (Phi) is 2.09. The molecule has 1 atom stereocenters. The molecule has 0 aromatic carbocycles. The minimum atomic E-state index is 0.437. The zero-order valence-electron chi connectivity index (χ0n) is 6.96. The number of nitrogens with zero attached hydrogens (tertiary/aromatic N) is 1. The van der Waals surface area contributed by atoms with Gasteiger partial charge in [-0.1, -0.05) is 12.0 Å². The van der Waals surface area contributed by atoms with Crippen molar-refractivity contribution in [3.8, 4) is 11.8 Å². The molecular formula is C11H11N. The van der Waals surface area contributed by atoms with E-state index in [1.165, 1.54) is 18.4 Å². The average Bonchev–Trinajstić information content (AvgIpc) is 2.21. The van der Waals surface area contributed by atoms with Crippen molar-refractivity contribution >= 4 is 0 Å². The molecule has 1 aromatic rings. The van der Waals surface area contributed by atoms with Crippen molar-refractivity contribution in [2.75, 3.05) is 0 Å². The van der Waals surface area contributed by atoms with Crippen molar-refractivity contribution in [3.63, 3.8) is 0 Å². The van der Waals surface area contributed by atoms with Crippen LogP contribution in [-0.4, -0.2) is 4.98 Å². The second-order valence-corrected chi connectivity index (χ2v) is 3.05. The summed E-state index contributed by atoms with van der Waals surface area (Å²) in [5, 5.41) is 0. The second-order valence-electron chi connectivity index (χ2n) is 3.05. The summed E-state index contributed by atoms with van der Waals surface area (Å²) in [7, 11) is 0. The van der Waals surface area contributed by atoms with Crippen molar-refractivity contribution in [3.05, 3.63) is 30.1 Å². The van der Waals surface area contributed by atoms with Gasteiger partial charge in [0.2, 0.25) is 0 Å². The zero-order valence-corrected chi connectivity index (χ0v) is 6.96. The maximum absolute atomic E-state index is 4.09. The number of pyridine rings is 1. The van der Waals surface area contributed by atoms with Crippen molar-refractivity contribution < 1.29 is 0 Å². The lowest BCUT2D eigenvalue weighted by Gasteiger charge is -2.12. The predicted octanol–water partition coefficient (Wildman–Crippen LogP) is 2.35. The summed E-state index contributed by atoms with van der Waals surface area (Å²) in [5.41, 5.74) is 1.27. The summed E-state index contributed by atoms with van der Waals surface area (Å²) in [6, 6.07) is 4.09. The Bertz CT molecular complexity index is 305. The maximum atomic E-state index is 4.09. The van der Waals surface area contributed by atoms with Gasteiger partial charge < -0.3 is 0 Å². The summed E-state index contributed by atoms with van der Waals surface area (Å²) in [6.07, 6.45) is 7.21. The van der Waals surface area contributed by atoms with E-state index in [1.54, 1.807) is 6.20 Å². The molecule has 1 aromatic heterocycles. The van der Waals surface area contributed by atoms with Crippen LogP contribution in [0.4, 0.5) is 0 Å². The molecule has 0 N–H and O–H groups in total. The Morgan fingerprint density at radius 1 is 1.50 bits per heavy atom. The van der Waals surface area contributed by atoms with Crippen LogP contribution >= 0.6 is 0 Å². The van der Waals surface area contributed by atoms with E-state index in [9.17, 15) is 0 Å². The van der Waals surface area contributed by atoms with Crippen LogP contribution in [0.1, 0.15) is 30.7 Å². The second kappa shape index (κ2) is 3.40. The van der Waals surface area contributed by atoms with Crippen LogP contribution in [0.5, 0.6) is 0 Å². The highest BCUT2D eigenvalue weighted by Crippen LogP contribution is 2.22. The fourth-order valence-corrected chi connectivity index (χ4v) is 1.49. The van der Waals surface area contributed by atoms with E-state index in [2.05, 4.69) is 22.9 Å². The highest BCUT2D eigenvalue weighted by atomic mass is 14.6. The molecule has 2 rings (SSSR count). The molecule has 60 valence electrons. The first-order chi connectivity index (χ1) is 5.97. The molecule has 12 heavy (non-hydrogen) atoms. The molecule has 1 aliphatic rings. The Labute approximate surface area is 72.8 Å². The lowest BCUT2D eigenvalue weighted by Crippen LogP contribution is -1.99. The van der Waals surface area contributed by atoms with E-state index < -0.39 is 0 Å². The zero-order chi connectivity index (χ0) is 8.23. The summed E-state index contributed by atoms with van der Waals surface area (Å²) in [5.74, 6) is 6.84. The molecule has 0 bridgehead atoms. The maximum Gasteiger partial charge on any atom is 0.0467 e. The van der Waals surface area contributed by atoms with Gasteiger partial charge in [0, 0.05) is 24.7 Å². The third-order valence-corrected chi connectivity index (χ3v) is 2.16. The van der Waals surface area contributed by atoms with Crippen LogP contribution in [0.2, 0.25) is 0 Å². The number of hydrogen-bond acceptors (Lipinski definition) is 1. The van der Waals surface area contributed by atoms with Gasteiger partial charge in [-0.25, -0.2) is 0 Å². The lowest BCUT2D eigenvalue weighted by molar-refractivity contribution is 0.684. The van der Waals surface area contributed by atoms with Gasteiger partial charge in [0.1, 0.15) is 0 Å². The molecule has 0 radical (unpaired) electrons. The average molecular weight is 157 g/mol. The molecule has 1 aliphatic carbocycles. The molecule has 0 saturated carbocycles. The standard InChI is InChI=1S/C11H11N/c1-2-5-10(6-3-1)11-7-4-8-12-9-11/h4,7-10H,1-2,5H2/t10-/m1/s1. The van der Waals surface area contributed by atoms with Gasteiger partial charge in [0.05, 0.1) is 0 Å². The van der Waals surface area contributed by atoms with E-state index in [4.69, 9.17) is 0 Å². The van der Waals surface area contributed by atoms with Gasteiger partial charge in [-0.3, -0.25) is 4.98 Å². The summed E-state index contributed by atoms with van der Waals surface area (Å²) in [6.45, 7) is 0. The SMILES string of the molecule is C1#C[C@H](c2cccnc2)CCC1. The monoisotopic (exact) mass is 157 g/mol. The minimum Gasteiger partial charge on any atom is -0.264 e. The molecule has 1 heteroatoms. The van der Waals surface area contributed by atoms with Crippen LogP contribution in [0, 0.1) is 11.8 Å². The fraction of sp³-hybridized carbons (Fsp3) is 0.364. The van der Waals surface area contributed by atoms with Gasteiger partial charge in [0.25, 0.3) is 0 Å². The van der Waals surface area contributed by atoms with Gasteiger partial charge >= 0.3 is 0 Å². The largest absolute Gasteiger partial charge is 0.264 e. The Morgan fingerprint density at radius 2 is 2.50 bits per heavy atom. The summed E-state index contributed by atoms with van der Waals surface area (Å²) >= 11 is 0. The molecule has 1 heterocycles. The highest BCUT2D eigenvalue weighted by molar-refractivity contribution is 5.26. The first-order valence-corrected chi connectivity index (χ1v) is 4.35. The van der Waals surface area contributed by atoms with Gasteiger partial charge in [-0.2, -0.15) is 0 Å². The van der Waals surface area contributed by atoms with Crippen molar-refractivity contribution in [2.45, 2.75) is 25.2 Å². The van der Waals surface area contributed by atoms with Crippen LogP contribution in [0.15, 0.2) is 24.5 Å². The fourth-order valence-electron chi connectivity index (χ4n) is 1.49. The van der Waals surface area contributed by atoms with E-state index in [-0.39, 0.29) is 0 Å². The van der Waals surface area contributed by atoms with Gasteiger partial charge in [-0.15, -0.1) is 5.92 Å². The smallest absolute Gasteiger partial charge is 0.0467 e. The third kappa shape index (κ3) is 1.48. The number of hydrogen-bond donors (Lipinski definition) is 0. The molecule has 0 saturated heterocycles. The number of aromatic nitrogens is 1. The quantitative estimate of drug-likeness (QED) is 0.570. The first kappa shape index (κ1) is 7.36. The van der Waals surface area contributed by atoms with Crippen LogP contribution < -0.4 is 0 Å². The number of rotatable bonds is 1. The van der Waals surface area contributed by atoms with Crippen molar-refractivity contribution in [2.24, 2.45) is 0 Å². The third-order valence-electron chi connectivity index (χ3n) is 2.16. The molecule has 0 unspecified atom stereocenters. The van der Waals surface area contributed by atoms with Gasteiger partial charge in [-0.05, 0) is 24.5 Å². The molecule has 0 amide bonds. The molecule has 0 spiro atoms. The van der Waals surface area contributed by atoms with Crippen molar-refractivity contribution in [1.82, 2.24) is 4.98 Å². The van der Waals surface area contributed by atoms with Crippen LogP contribution in [0.3, 0.4) is 0 Å². The van der Waals surface area contributed by atoms with Crippen molar-refractivity contribution in [1.29, 1.82) is 0 Å². The normalized spacial score (nSPS) is 21.2. The summed E-state index contributed by atoms with van der Waals surface area (Å²) in [4.78, 5) is 4.09. The van der Waals surface area contributed by atoms with E-state index in [0.29, 0.717) is 5.92 Å². The van der Waals surface area contributed by atoms with E-state index >= 15 is 0 Å². The lowest BCUT2D eigenvalue weighted by atomic mass is 9.92. The van der Waals surface area contributed by atoms with E-state index in [1.807, 2.05) is 12.3 Å². The van der Waals surface area contributed by atoms with E-state index in [0.717, 1.165) is 6.42 Å². The van der Waals surface area contributed by atoms with Crippen LogP contribution in [-0.2, 0) is 0 Å². The first-order valence-electron chi connectivity index (χ1n) is 4.35. The molecule has 0 aliphatic heterocycles. The van der Waals surface area contributed by atoms with Crippen LogP contribution in [0.25, 0.3) is 0 Å². The van der Waals surface area contributed by atoms with Gasteiger partial charge in [0.15, 0.2) is 0 Å². The Hall–Kier alpha value is -1.29. The molecule has 1 nitrogen and oxygen atoms in total. The molecule has 0 fully saturated rings. The predicted molar refractivity (Wildman–Crippen MR) is 48.6 cm³/mol. The Balaban J connectivity index is 2.23. The highest BCUT2D eigenvalue weighted by Gasteiger charge is 2.09. The topological polar surface area (TPSA) is 12.9 Å². The molecular weight excluding hydrogens is 146 g/mol. The Morgan fingerprint density at radius 3 is 3.17 bits per heavy atom.